The van der Waals surface area contributed by atoms with Gasteiger partial charge in [-0.1, -0.05) is 51.0 Å². The molecular weight excluding hydrogens is 285 g/mol. The van der Waals surface area contributed by atoms with Gasteiger partial charge in [0.05, 0.1) is 5.56 Å². The first kappa shape index (κ1) is 16.5. The predicted octanol–water partition coefficient (Wildman–Crippen LogP) is 6.02. The summed E-state index contributed by atoms with van der Waals surface area (Å²) in [6.07, 6.45) is 15.0. The highest BCUT2D eigenvalue weighted by atomic mass is 19.1. The molecule has 0 bridgehead atoms. The Labute approximate surface area is 139 Å². The van der Waals surface area contributed by atoms with Crippen molar-refractivity contribution in [3.8, 4) is 6.07 Å². The van der Waals surface area contributed by atoms with Gasteiger partial charge in [-0.15, -0.1) is 0 Å². The van der Waals surface area contributed by atoms with Gasteiger partial charge in [-0.2, -0.15) is 5.26 Å². The van der Waals surface area contributed by atoms with Gasteiger partial charge in [0.15, 0.2) is 0 Å². The lowest BCUT2D eigenvalue weighted by Crippen LogP contribution is -2.23. The summed E-state index contributed by atoms with van der Waals surface area (Å²) < 4.78 is 13.7. The zero-order chi connectivity index (χ0) is 16.1. The molecule has 0 aliphatic heterocycles. The van der Waals surface area contributed by atoms with Gasteiger partial charge in [0, 0.05) is 0 Å². The summed E-state index contributed by atoms with van der Waals surface area (Å²) in [5.74, 6) is 2.44. The fourth-order valence-corrected chi connectivity index (χ4v) is 4.73. The van der Waals surface area contributed by atoms with Crippen LogP contribution < -0.4 is 0 Å². The summed E-state index contributed by atoms with van der Waals surface area (Å²) in [5, 5.41) is 8.79. The number of halogens is 1. The van der Waals surface area contributed by atoms with Crippen LogP contribution in [0, 0.1) is 34.9 Å². The number of rotatable bonds is 4. The highest BCUT2D eigenvalue weighted by Crippen LogP contribution is 2.40. The van der Waals surface area contributed by atoms with Crippen LogP contribution in [-0.2, 0) is 6.42 Å². The molecule has 1 aromatic rings. The van der Waals surface area contributed by atoms with Crippen molar-refractivity contribution in [1.82, 2.24) is 0 Å². The number of hydrogen-bond donors (Lipinski definition) is 0. The molecule has 0 aromatic heterocycles. The third-order valence-electron chi connectivity index (χ3n) is 6.20. The molecule has 124 valence electrons. The van der Waals surface area contributed by atoms with Crippen LogP contribution in [-0.4, -0.2) is 0 Å². The molecule has 3 rings (SSSR count). The lowest BCUT2D eigenvalue weighted by atomic mass is 9.70. The molecule has 0 unspecified atom stereocenters. The molecule has 0 N–H and O–H groups in total. The SMILES string of the molecule is N#Cc1ccc(CCC2CCC(C3CCCCC3)CC2)cc1F. The Kier molecular flexibility index (Phi) is 5.70. The Hall–Kier alpha value is -1.36. The number of nitriles is 1. The van der Waals surface area contributed by atoms with Crippen LogP contribution in [0.5, 0.6) is 0 Å². The molecule has 2 heteroatoms. The van der Waals surface area contributed by atoms with Crippen LogP contribution in [0.25, 0.3) is 0 Å². The summed E-state index contributed by atoms with van der Waals surface area (Å²) >= 11 is 0. The van der Waals surface area contributed by atoms with E-state index in [-0.39, 0.29) is 11.4 Å². The zero-order valence-corrected chi connectivity index (χ0v) is 14.1. The maximum absolute atomic E-state index is 13.7. The first-order valence-electron chi connectivity index (χ1n) is 9.45. The maximum Gasteiger partial charge on any atom is 0.141 e. The number of nitrogens with zero attached hydrogens (tertiary/aromatic N) is 1. The molecular formula is C21H28FN. The molecule has 0 saturated heterocycles. The van der Waals surface area contributed by atoms with Gasteiger partial charge < -0.3 is 0 Å². The molecule has 0 atom stereocenters. The van der Waals surface area contributed by atoms with Gasteiger partial charge in [0.1, 0.15) is 11.9 Å². The van der Waals surface area contributed by atoms with Crippen LogP contribution in [0.4, 0.5) is 4.39 Å². The highest BCUT2D eigenvalue weighted by Gasteiger charge is 2.28. The first-order chi connectivity index (χ1) is 11.3. The Balaban J connectivity index is 1.44. The van der Waals surface area contributed by atoms with Crippen molar-refractivity contribution in [2.24, 2.45) is 17.8 Å². The van der Waals surface area contributed by atoms with Gasteiger partial charge in [0.2, 0.25) is 0 Å². The standard InChI is InChI=1S/C21H28FN/c22-21-14-17(10-13-20(21)15-23)7-6-16-8-11-19(12-9-16)18-4-2-1-3-5-18/h10,13-14,16,18-19H,1-9,11-12H2. The molecule has 0 radical (unpaired) electrons. The molecule has 0 heterocycles. The van der Waals surface area contributed by atoms with Gasteiger partial charge in [-0.25, -0.2) is 4.39 Å². The van der Waals surface area contributed by atoms with E-state index in [2.05, 4.69) is 0 Å². The third-order valence-corrected chi connectivity index (χ3v) is 6.20. The second kappa shape index (κ2) is 7.95. The Bertz CT molecular complexity index is 545. The molecule has 2 fully saturated rings. The van der Waals surface area contributed by atoms with E-state index in [1.165, 1.54) is 64.2 Å². The molecule has 2 aliphatic rings. The Morgan fingerprint density at radius 3 is 2.30 bits per heavy atom. The average Bonchev–Trinajstić information content (AvgIpc) is 2.61. The fourth-order valence-electron chi connectivity index (χ4n) is 4.73. The van der Waals surface area contributed by atoms with Crippen LogP contribution in [0.2, 0.25) is 0 Å². The molecule has 23 heavy (non-hydrogen) atoms. The van der Waals surface area contributed by atoms with Crippen LogP contribution in [0.15, 0.2) is 18.2 Å². The molecule has 0 spiro atoms. The molecule has 2 aliphatic carbocycles. The molecule has 2 saturated carbocycles. The normalized spacial score (nSPS) is 25.9. The zero-order valence-electron chi connectivity index (χ0n) is 14.1. The summed E-state index contributed by atoms with van der Waals surface area (Å²) in [7, 11) is 0. The largest absolute Gasteiger partial charge is 0.206 e. The number of aryl methyl sites for hydroxylation is 1. The van der Waals surface area contributed by atoms with E-state index in [0.717, 1.165) is 29.7 Å². The van der Waals surface area contributed by atoms with E-state index in [1.807, 2.05) is 12.1 Å². The smallest absolute Gasteiger partial charge is 0.141 e. The minimum absolute atomic E-state index is 0.154. The van der Waals surface area contributed by atoms with Crippen LogP contribution in [0.3, 0.4) is 0 Å². The van der Waals surface area contributed by atoms with Crippen molar-refractivity contribution in [2.75, 3.05) is 0 Å². The quantitative estimate of drug-likeness (QED) is 0.667. The van der Waals surface area contributed by atoms with Crippen LogP contribution >= 0.6 is 0 Å². The Morgan fingerprint density at radius 2 is 1.65 bits per heavy atom. The minimum Gasteiger partial charge on any atom is -0.206 e. The topological polar surface area (TPSA) is 23.8 Å². The first-order valence-corrected chi connectivity index (χ1v) is 9.45. The molecule has 0 amide bonds. The highest BCUT2D eigenvalue weighted by molar-refractivity contribution is 5.33. The van der Waals surface area contributed by atoms with E-state index in [9.17, 15) is 4.39 Å². The number of hydrogen-bond acceptors (Lipinski definition) is 1. The molecule has 1 aromatic carbocycles. The fraction of sp³-hybridized carbons (Fsp3) is 0.667. The predicted molar refractivity (Wildman–Crippen MR) is 91.5 cm³/mol. The monoisotopic (exact) mass is 313 g/mol. The lowest BCUT2D eigenvalue weighted by Gasteiger charge is -2.36. The average molecular weight is 313 g/mol. The van der Waals surface area contributed by atoms with Crippen LogP contribution in [0.1, 0.15) is 75.3 Å². The van der Waals surface area contributed by atoms with Crippen molar-refractivity contribution < 1.29 is 4.39 Å². The Morgan fingerprint density at radius 1 is 0.957 bits per heavy atom. The van der Waals surface area contributed by atoms with E-state index in [1.54, 1.807) is 12.1 Å². The van der Waals surface area contributed by atoms with Gasteiger partial charge in [0.25, 0.3) is 0 Å². The summed E-state index contributed by atoms with van der Waals surface area (Å²) in [5.41, 5.74) is 1.19. The van der Waals surface area contributed by atoms with Crippen molar-refractivity contribution in [3.63, 3.8) is 0 Å². The number of benzene rings is 1. The van der Waals surface area contributed by atoms with Crippen molar-refractivity contribution in [1.29, 1.82) is 5.26 Å². The van der Waals surface area contributed by atoms with Gasteiger partial charge in [-0.05, 0) is 61.1 Å². The van der Waals surface area contributed by atoms with Crippen molar-refractivity contribution in [3.05, 3.63) is 35.1 Å². The third kappa shape index (κ3) is 4.34. The second-order valence-corrected chi connectivity index (χ2v) is 7.64. The summed E-state index contributed by atoms with van der Waals surface area (Å²) in [4.78, 5) is 0. The van der Waals surface area contributed by atoms with Gasteiger partial charge in [-0.3, -0.25) is 0 Å². The summed E-state index contributed by atoms with van der Waals surface area (Å²) in [6, 6.07) is 6.96. The van der Waals surface area contributed by atoms with E-state index >= 15 is 0 Å². The van der Waals surface area contributed by atoms with E-state index in [4.69, 9.17) is 5.26 Å². The van der Waals surface area contributed by atoms with E-state index in [0.29, 0.717) is 0 Å². The maximum atomic E-state index is 13.7. The van der Waals surface area contributed by atoms with Gasteiger partial charge >= 0.3 is 0 Å². The second-order valence-electron chi connectivity index (χ2n) is 7.64. The summed E-state index contributed by atoms with van der Waals surface area (Å²) in [6.45, 7) is 0. The van der Waals surface area contributed by atoms with Crippen molar-refractivity contribution >= 4 is 0 Å². The molecule has 1 nitrogen and oxygen atoms in total. The minimum atomic E-state index is -0.369. The van der Waals surface area contributed by atoms with Crippen molar-refractivity contribution in [2.45, 2.75) is 70.6 Å². The van der Waals surface area contributed by atoms with E-state index < -0.39 is 0 Å². The lowest BCUT2D eigenvalue weighted by molar-refractivity contribution is 0.163.